The van der Waals surface area contributed by atoms with Gasteiger partial charge in [0, 0.05) is 12.6 Å². The maximum Gasteiger partial charge on any atom is 0.191 e. The highest BCUT2D eigenvalue weighted by Crippen LogP contribution is 2.22. The molecule has 0 aliphatic carbocycles. The van der Waals surface area contributed by atoms with Crippen LogP contribution in [-0.2, 0) is 5.60 Å². The molecule has 140 valence electrons. The number of furan rings is 1. The molecule has 5 nitrogen and oxygen atoms in total. The van der Waals surface area contributed by atoms with Gasteiger partial charge in [0.05, 0.1) is 12.8 Å². The maximum atomic E-state index is 10.5. The van der Waals surface area contributed by atoms with Gasteiger partial charge in [0.2, 0.25) is 0 Å². The Balaban J connectivity index is 0.00000529. The Morgan fingerprint density at radius 1 is 1.33 bits per heavy atom. The Bertz CT molecular complexity index is 479. The van der Waals surface area contributed by atoms with Gasteiger partial charge in [0.1, 0.15) is 11.4 Å². The lowest BCUT2D eigenvalue weighted by Gasteiger charge is -2.24. The highest BCUT2D eigenvalue weighted by atomic mass is 127. The second-order valence-corrected chi connectivity index (χ2v) is 7.59. The van der Waals surface area contributed by atoms with E-state index in [1.54, 1.807) is 25.3 Å². The number of guanidine groups is 1. The van der Waals surface area contributed by atoms with Crippen LogP contribution in [0.25, 0.3) is 0 Å². The summed E-state index contributed by atoms with van der Waals surface area (Å²) in [6.45, 7) is 13.7. The highest BCUT2D eigenvalue weighted by Gasteiger charge is 2.26. The van der Waals surface area contributed by atoms with Crippen molar-refractivity contribution in [1.29, 1.82) is 0 Å². The van der Waals surface area contributed by atoms with E-state index in [0.29, 0.717) is 17.2 Å². The molecule has 0 spiro atoms. The van der Waals surface area contributed by atoms with E-state index in [0.717, 1.165) is 25.3 Å². The number of aliphatic hydroxyl groups is 1. The molecule has 1 rings (SSSR count). The molecule has 0 amide bonds. The standard InChI is InChI=1S/C18H33N3O2.HI/c1-7-19-16(21-14(2)10-11-17(3,4)5)20-13-18(6,22)15-9-8-12-23-15;/h8-9,12,14,22H,7,10-11,13H2,1-6H3,(H2,19,20,21);1H. The summed E-state index contributed by atoms with van der Waals surface area (Å²) in [7, 11) is 0. The smallest absolute Gasteiger partial charge is 0.191 e. The van der Waals surface area contributed by atoms with Crippen LogP contribution in [0, 0.1) is 5.41 Å². The zero-order valence-electron chi connectivity index (χ0n) is 15.8. The number of hydrogen-bond acceptors (Lipinski definition) is 3. The third-order valence-electron chi connectivity index (χ3n) is 3.65. The van der Waals surface area contributed by atoms with E-state index in [1.807, 2.05) is 6.92 Å². The molecule has 6 heteroatoms. The zero-order valence-corrected chi connectivity index (χ0v) is 18.2. The minimum Gasteiger partial charge on any atom is -0.466 e. The molecule has 1 aromatic heterocycles. The van der Waals surface area contributed by atoms with Crippen LogP contribution in [-0.4, -0.2) is 30.2 Å². The molecule has 2 atom stereocenters. The van der Waals surface area contributed by atoms with Gasteiger partial charge in [0.25, 0.3) is 0 Å². The van der Waals surface area contributed by atoms with Gasteiger partial charge in [-0.2, -0.15) is 0 Å². The van der Waals surface area contributed by atoms with Gasteiger partial charge in [0.15, 0.2) is 5.96 Å². The highest BCUT2D eigenvalue weighted by molar-refractivity contribution is 14.0. The number of hydrogen-bond donors (Lipinski definition) is 3. The molecule has 0 fully saturated rings. The average molecular weight is 451 g/mol. The Morgan fingerprint density at radius 2 is 2.00 bits per heavy atom. The van der Waals surface area contributed by atoms with Crippen molar-refractivity contribution in [1.82, 2.24) is 10.6 Å². The van der Waals surface area contributed by atoms with Crippen molar-refractivity contribution in [3.8, 4) is 0 Å². The van der Waals surface area contributed by atoms with Gasteiger partial charge in [-0.3, -0.25) is 0 Å². The average Bonchev–Trinajstić information content (AvgIpc) is 2.97. The van der Waals surface area contributed by atoms with Gasteiger partial charge >= 0.3 is 0 Å². The zero-order chi connectivity index (χ0) is 17.5. The molecule has 1 aromatic rings. The normalized spacial score (nSPS) is 16.0. The number of halogens is 1. The van der Waals surface area contributed by atoms with Crippen LogP contribution in [0.3, 0.4) is 0 Å². The van der Waals surface area contributed by atoms with Crippen LogP contribution in [0.4, 0.5) is 0 Å². The summed E-state index contributed by atoms with van der Waals surface area (Å²) in [6, 6.07) is 3.86. The van der Waals surface area contributed by atoms with Crippen molar-refractivity contribution >= 4 is 29.9 Å². The van der Waals surface area contributed by atoms with E-state index in [9.17, 15) is 5.11 Å². The summed E-state index contributed by atoms with van der Waals surface area (Å²) >= 11 is 0. The summed E-state index contributed by atoms with van der Waals surface area (Å²) in [5.41, 5.74) is -0.783. The number of nitrogens with zero attached hydrogens (tertiary/aromatic N) is 1. The molecule has 0 radical (unpaired) electrons. The number of nitrogens with one attached hydrogen (secondary N) is 2. The monoisotopic (exact) mass is 451 g/mol. The summed E-state index contributed by atoms with van der Waals surface area (Å²) in [4.78, 5) is 4.51. The largest absolute Gasteiger partial charge is 0.466 e. The first-order valence-corrected chi connectivity index (χ1v) is 8.45. The fraction of sp³-hybridized carbons (Fsp3) is 0.722. The molecule has 3 N–H and O–H groups in total. The molecule has 0 aliphatic rings. The van der Waals surface area contributed by atoms with E-state index in [-0.39, 0.29) is 30.5 Å². The predicted molar refractivity (Wildman–Crippen MR) is 111 cm³/mol. The van der Waals surface area contributed by atoms with E-state index in [4.69, 9.17) is 4.42 Å². The van der Waals surface area contributed by atoms with E-state index >= 15 is 0 Å². The van der Waals surface area contributed by atoms with Crippen molar-refractivity contribution in [3.05, 3.63) is 24.2 Å². The van der Waals surface area contributed by atoms with E-state index in [1.165, 1.54) is 0 Å². The first-order chi connectivity index (χ1) is 10.6. The Kier molecular flexibility index (Phi) is 9.96. The lowest BCUT2D eigenvalue weighted by atomic mass is 9.89. The second-order valence-electron chi connectivity index (χ2n) is 7.59. The summed E-state index contributed by atoms with van der Waals surface area (Å²) in [5.74, 6) is 1.25. The third kappa shape index (κ3) is 8.92. The summed E-state index contributed by atoms with van der Waals surface area (Å²) in [6.07, 6.45) is 3.78. The molecule has 0 saturated heterocycles. The van der Waals surface area contributed by atoms with Gasteiger partial charge in [-0.15, -0.1) is 24.0 Å². The van der Waals surface area contributed by atoms with Crippen molar-refractivity contribution in [2.75, 3.05) is 13.1 Å². The fourth-order valence-electron chi connectivity index (χ4n) is 2.17. The first-order valence-electron chi connectivity index (χ1n) is 8.45. The lowest BCUT2D eigenvalue weighted by molar-refractivity contribution is 0.0436. The number of rotatable bonds is 7. The molecule has 2 unspecified atom stereocenters. The molecule has 0 saturated carbocycles. The SMILES string of the molecule is CCNC(=NCC(C)(O)c1ccco1)NC(C)CCC(C)(C)C.I. The van der Waals surface area contributed by atoms with Crippen molar-refractivity contribution in [2.45, 2.75) is 66.0 Å². The van der Waals surface area contributed by atoms with Crippen LogP contribution in [0.2, 0.25) is 0 Å². The Labute approximate surface area is 163 Å². The fourth-order valence-corrected chi connectivity index (χ4v) is 2.17. The lowest BCUT2D eigenvalue weighted by Crippen LogP contribution is -2.43. The van der Waals surface area contributed by atoms with Crippen LogP contribution in [0.1, 0.15) is 60.1 Å². The molecular weight excluding hydrogens is 417 g/mol. The maximum absolute atomic E-state index is 10.5. The third-order valence-corrected chi connectivity index (χ3v) is 3.65. The molecule has 0 bridgehead atoms. The van der Waals surface area contributed by atoms with E-state index < -0.39 is 5.60 Å². The molecule has 1 heterocycles. The topological polar surface area (TPSA) is 69.8 Å². The van der Waals surface area contributed by atoms with E-state index in [2.05, 4.69) is 43.3 Å². The quantitative estimate of drug-likeness (QED) is 0.335. The van der Waals surface area contributed by atoms with Crippen molar-refractivity contribution in [3.63, 3.8) is 0 Å². The molecular formula is C18H34IN3O2. The van der Waals surface area contributed by atoms with Crippen molar-refractivity contribution < 1.29 is 9.52 Å². The summed E-state index contributed by atoms with van der Waals surface area (Å²) in [5, 5.41) is 17.1. The van der Waals surface area contributed by atoms with Crippen molar-refractivity contribution in [2.24, 2.45) is 10.4 Å². The van der Waals surface area contributed by atoms with Crippen LogP contribution < -0.4 is 10.6 Å². The molecule has 0 aliphatic heterocycles. The van der Waals surface area contributed by atoms with Gasteiger partial charge < -0.3 is 20.2 Å². The Morgan fingerprint density at radius 3 is 2.50 bits per heavy atom. The van der Waals surface area contributed by atoms with Gasteiger partial charge in [-0.1, -0.05) is 20.8 Å². The van der Waals surface area contributed by atoms with Gasteiger partial charge in [-0.05, 0) is 51.2 Å². The molecule has 0 aromatic carbocycles. The van der Waals surface area contributed by atoms with Crippen LogP contribution in [0.15, 0.2) is 27.8 Å². The minimum absolute atomic E-state index is 0. The number of aliphatic imine (C=N–C) groups is 1. The first kappa shape index (κ1) is 23.2. The second kappa shape index (κ2) is 10.3. The summed E-state index contributed by atoms with van der Waals surface area (Å²) < 4.78 is 5.29. The van der Waals surface area contributed by atoms with Crippen LogP contribution >= 0.6 is 24.0 Å². The molecule has 24 heavy (non-hydrogen) atoms. The minimum atomic E-state index is -1.11. The van der Waals surface area contributed by atoms with Crippen LogP contribution in [0.5, 0.6) is 0 Å². The predicted octanol–water partition coefficient (Wildman–Crippen LogP) is 3.88. The Hall–Kier alpha value is -0.760. The van der Waals surface area contributed by atoms with Gasteiger partial charge in [-0.25, -0.2) is 4.99 Å².